The van der Waals surface area contributed by atoms with Gasteiger partial charge in [0.25, 0.3) is 0 Å². The summed E-state index contributed by atoms with van der Waals surface area (Å²) in [4.78, 5) is 20.5. The minimum Gasteiger partial charge on any atom is -0.497 e. The number of aromatic nitrogens is 1. The third-order valence-corrected chi connectivity index (χ3v) is 10.1. The average molecular weight is 681 g/mol. The number of fused-ring (bicyclic) bond motifs is 2. The molecule has 0 bridgehead atoms. The van der Waals surface area contributed by atoms with Crippen LogP contribution in [0.3, 0.4) is 0 Å². The molecule has 5 aromatic carbocycles. The van der Waals surface area contributed by atoms with Crippen molar-refractivity contribution in [3.05, 3.63) is 150 Å². The van der Waals surface area contributed by atoms with Gasteiger partial charge in [-0.15, -0.1) is 0 Å². The second kappa shape index (κ2) is 15.3. The van der Waals surface area contributed by atoms with E-state index < -0.39 is 11.7 Å². The second-order valence-electron chi connectivity index (χ2n) is 13.2. The molecule has 2 atom stereocenters. The molecule has 7 heteroatoms. The zero-order chi connectivity index (χ0) is 35.2. The molecule has 0 spiro atoms. The Kier molecular flexibility index (Phi) is 10.3. The van der Waals surface area contributed by atoms with Crippen molar-refractivity contribution in [2.45, 2.75) is 49.9 Å². The Balaban J connectivity index is 1.11. The molecule has 51 heavy (non-hydrogen) atoms. The molecule has 0 saturated carbocycles. The summed E-state index contributed by atoms with van der Waals surface area (Å²) in [5.41, 5.74) is 5.06. The Bertz CT molecular complexity index is 1980. The van der Waals surface area contributed by atoms with Crippen LogP contribution in [0.4, 0.5) is 0 Å². The van der Waals surface area contributed by atoms with Gasteiger partial charge in [-0.1, -0.05) is 91.0 Å². The van der Waals surface area contributed by atoms with Gasteiger partial charge in [-0.25, -0.2) is 4.98 Å². The van der Waals surface area contributed by atoms with E-state index in [2.05, 4.69) is 48.5 Å². The number of hydrogen-bond acceptors (Lipinski definition) is 6. The Morgan fingerprint density at radius 2 is 1.25 bits per heavy atom. The first-order chi connectivity index (χ1) is 25.0. The first-order valence-electron chi connectivity index (χ1n) is 17.7. The van der Waals surface area contributed by atoms with Crippen LogP contribution in [0.5, 0.6) is 11.5 Å². The summed E-state index contributed by atoms with van der Waals surface area (Å²) in [6.07, 6.45) is 2.73. The summed E-state index contributed by atoms with van der Waals surface area (Å²) in [6.45, 7) is 0.542. The molecule has 1 fully saturated rings. The van der Waals surface area contributed by atoms with E-state index in [0.717, 1.165) is 69.3 Å². The van der Waals surface area contributed by atoms with E-state index in [-0.39, 0.29) is 18.6 Å². The highest BCUT2D eigenvalue weighted by atomic mass is 16.5. The van der Waals surface area contributed by atoms with Crippen molar-refractivity contribution < 1.29 is 24.1 Å². The van der Waals surface area contributed by atoms with Gasteiger partial charge < -0.3 is 24.2 Å². The molecule has 1 aromatic heterocycles. The van der Waals surface area contributed by atoms with Crippen LogP contribution in [0, 0.1) is 0 Å². The highest BCUT2D eigenvalue weighted by Gasteiger charge is 2.41. The highest BCUT2D eigenvalue weighted by Crippen LogP contribution is 2.42. The Labute approximate surface area is 299 Å². The van der Waals surface area contributed by atoms with Crippen LogP contribution in [0.1, 0.15) is 47.9 Å². The first-order valence-corrected chi connectivity index (χ1v) is 17.7. The molecule has 7 rings (SSSR count). The maximum atomic E-state index is 13.8. The zero-order valence-corrected chi connectivity index (χ0v) is 29.2. The summed E-state index contributed by atoms with van der Waals surface area (Å²) in [5.74, 6) is 1.54. The number of ether oxygens (including phenoxy) is 3. The fraction of sp³-hybridized carbons (Fsp3) is 0.273. The van der Waals surface area contributed by atoms with Gasteiger partial charge in [-0.2, -0.15) is 0 Å². The molecular weight excluding hydrogens is 636 g/mol. The van der Waals surface area contributed by atoms with E-state index in [1.807, 2.05) is 83.8 Å². The molecule has 2 heterocycles. The number of amides is 1. The normalized spacial score (nSPS) is 16.1. The van der Waals surface area contributed by atoms with Crippen LogP contribution in [0.2, 0.25) is 0 Å². The lowest BCUT2D eigenvalue weighted by Crippen LogP contribution is -2.42. The average Bonchev–Trinajstić information content (AvgIpc) is 3.57. The van der Waals surface area contributed by atoms with Gasteiger partial charge in [-0.05, 0) is 84.3 Å². The zero-order valence-electron chi connectivity index (χ0n) is 29.2. The van der Waals surface area contributed by atoms with Gasteiger partial charge in [0.1, 0.15) is 17.1 Å². The molecule has 0 aliphatic carbocycles. The van der Waals surface area contributed by atoms with Crippen molar-refractivity contribution in [2.75, 3.05) is 27.4 Å². The Morgan fingerprint density at radius 1 is 0.725 bits per heavy atom. The molecule has 0 unspecified atom stereocenters. The summed E-state index contributed by atoms with van der Waals surface area (Å²) < 4.78 is 18.1. The number of methoxy groups -OCH3 is 2. The van der Waals surface area contributed by atoms with Gasteiger partial charge >= 0.3 is 0 Å². The monoisotopic (exact) mass is 680 g/mol. The number of nitrogens with zero attached hydrogens (tertiary/aromatic N) is 2. The van der Waals surface area contributed by atoms with Crippen LogP contribution in [-0.4, -0.2) is 60.4 Å². The number of β-amino-alcohol motifs (C(OH)–C–C–N with tert-alkyl or cyclic N) is 1. The second-order valence-corrected chi connectivity index (χ2v) is 13.2. The van der Waals surface area contributed by atoms with Gasteiger partial charge in [0, 0.05) is 23.7 Å². The van der Waals surface area contributed by atoms with Gasteiger partial charge in [0.15, 0.2) is 0 Å². The topological polar surface area (TPSA) is 81.1 Å². The van der Waals surface area contributed by atoms with Crippen molar-refractivity contribution in [1.29, 1.82) is 0 Å². The van der Waals surface area contributed by atoms with Gasteiger partial charge in [0.2, 0.25) is 5.91 Å². The molecule has 1 aliphatic heterocycles. The summed E-state index contributed by atoms with van der Waals surface area (Å²) in [7, 11) is 3.30. The number of likely N-dealkylation sites (tertiary alicyclic amines) is 1. The van der Waals surface area contributed by atoms with Crippen molar-refractivity contribution >= 4 is 27.7 Å². The van der Waals surface area contributed by atoms with Gasteiger partial charge in [0.05, 0.1) is 44.0 Å². The van der Waals surface area contributed by atoms with Gasteiger partial charge in [-0.3, -0.25) is 4.79 Å². The number of carbonyl (C=O) groups excluding carboxylic acids is 1. The first kappa shape index (κ1) is 34.2. The molecule has 260 valence electrons. The standard InChI is InChI=1S/C44H44N2O5/c1-49-36-24-20-32(21-25-36)44(31-12-4-3-5-13-31,33-22-26-37(50-2)27-23-33)51-30-34-28-35(47)29-46(34)43(48)19-11-8-14-38-39-15-6-9-17-41(39)45-42-18-10-7-16-40(38)42/h3-7,9-10,12-13,15-18,20-27,34-35,47H,8,11,14,19,28-30H2,1-2H3/t34-,35+/m0/s1. The number of hydrogen-bond donors (Lipinski definition) is 1. The summed E-state index contributed by atoms with van der Waals surface area (Å²) in [6, 6.07) is 42.3. The number of rotatable bonds is 13. The molecule has 1 amide bonds. The van der Waals surface area contributed by atoms with Crippen molar-refractivity contribution in [3.8, 4) is 11.5 Å². The van der Waals surface area contributed by atoms with Crippen molar-refractivity contribution in [3.63, 3.8) is 0 Å². The predicted molar refractivity (Wildman–Crippen MR) is 201 cm³/mol. The number of aliphatic hydroxyl groups excluding tert-OH is 1. The van der Waals surface area contributed by atoms with E-state index in [1.165, 1.54) is 5.56 Å². The van der Waals surface area contributed by atoms with E-state index in [1.54, 1.807) is 14.2 Å². The minimum absolute atomic E-state index is 0.0452. The third-order valence-electron chi connectivity index (χ3n) is 10.1. The predicted octanol–water partition coefficient (Wildman–Crippen LogP) is 8.09. The largest absolute Gasteiger partial charge is 0.497 e. The maximum Gasteiger partial charge on any atom is 0.222 e. The molecule has 1 aliphatic rings. The number of pyridine rings is 1. The third kappa shape index (κ3) is 7.05. The van der Waals surface area contributed by atoms with Crippen LogP contribution in [-0.2, 0) is 21.6 Å². The molecule has 7 nitrogen and oxygen atoms in total. The quantitative estimate of drug-likeness (QED) is 0.0755. The number of unbranched alkanes of at least 4 members (excludes halogenated alkanes) is 1. The number of benzene rings is 5. The van der Waals surface area contributed by atoms with E-state index in [0.29, 0.717) is 19.4 Å². The van der Waals surface area contributed by atoms with E-state index in [9.17, 15) is 9.90 Å². The lowest BCUT2D eigenvalue weighted by atomic mass is 9.80. The van der Waals surface area contributed by atoms with E-state index >= 15 is 0 Å². The summed E-state index contributed by atoms with van der Waals surface area (Å²) in [5, 5.41) is 13.2. The molecule has 1 saturated heterocycles. The van der Waals surface area contributed by atoms with E-state index in [4.69, 9.17) is 19.2 Å². The number of aryl methyl sites for hydroxylation is 1. The minimum atomic E-state index is -1.00. The van der Waals surface area contributed by atoms with Crippen LogP contribution >= 0.6 is 0 Å². The van der Waals surface area contributed by atoms with Crippen LogP contribution in [0.15, 0.2) is 127 Å². The molecule has 1 N–H and O–H groups in total. The Hall–Kier alpha value is -5.24. The number of aliphatic hydroxyl groups is 1. The van der Waals surface area contributed by atoms with Crippen molar-refractivity contribution in [2.24, 2.45) is 0 Å². The molecule has 6 aromatic rings. The van der Waals surface area contributed by atoms with Crippen LogP contribution < -0.4 is 9.47 Å². The number of carbonyl (C=O) groups is 1. The highest BCUT2D eigenvalue weighted by molar-refractivity contribution is 5.97. The lowest BCUT2D eigenvalue weighted by molar-refractivity contribution is -0.134. The SMILES string of the molecule is COc1ccc(C(OC[C@@H]2C[C@@H](O)CN2C(=O)CCCCc2c3ccccc3nc3ccccc23)(c2ccccc2)c2ccc(OC)cc2)cc1. The fourth-order valence-electron chi connectivity index (χ4n) is 7.57. The summed E-state index contributed by atoms with van der Waals surface area (Å²) >= 11 is 0. The molecular formula is C44H44N2O5. The Morgan fingerprint density at radius 3 is 1.82 bits per heavy atom. The lowest BCUT2D eigenvalue weighted by Gasteiger charge is -2.38. The van der Waals surface area contributed by atoms with Crippen LogP contribution in [0.25, 0.3) is 21.8 Å². The number of para-hydroxylation sites is 2. The molecule has 0 radical (unpaired) electrons. The maximum absolute atomic E-state index is 13.8. The van der Waals surface area contributed by atoms with Crippen molar-refractivity contribution in [1.82, 2.24) is 9.88 Å². The fourth-order valence-corrected chi connectivity index (χ4v) is 7.57. The smallest absolute Gasteiger partial charge is 0.222 e.